The van der Waals surface area contributed by atoms with Gasteiger partial charge >= 0.3 is 5.69 Å². The fourth-order valence-electron chi connectivity index (χ4n) is 1.80. The first-order chi connectivity index (χ1) is 9.95. The molecule has 0 radical (unpaired) electrons. The van der Waals surface area contributed by atoms with Crippen molar-refractivity contribution in [3.63, 3.8) is 0 Å². The Morgan fingerprint density at radius 2 is 2.10 bits per heavy atom. The van der Waals surface area contributed by atoms with Crippen LogP contribution in [0.3, 0.4) is 0 Å². The highest BCUT2D eigenvalue weighted by molar-refractivity contribution is 9.10. The number of nitrogens with zero attached hydrogens (tertiary/aromatic N) is 2. The Balaban J connectivity index is 1.64. The van der Waals surface area contributed by atoms with Crippen molar-refractivity contribution in [1.82, 2.24) is 9.72 Å². The summed E-state index contributed by atoms with van der Waals surface area (Å²) in [7, 11) is 0. The predicted octanol–water partition coefficient (Wildman–Crippen LogP) is 2.69. The molecule has 3 rings (SSSR count). The Morgan fingerprint density at radius 1 is 1.43 bits per heavy atom. The zero-order valence-electron chi connectivity index (χ0n) is 10.8. The maximum atomic E-state index is 12.6. The predicted molar refractivity (Wildman–Crippen MR) is 73.2 cm³/mol. The SMILES string of the molecule is O=c1nc(-c2ccc(Br)cc2)on1CCOC1CC1(F)F. The first-order valence-electron chi connectivity index (χ1n) is 6.29. The van der Waals surface area contributed by atoms with Gasteiger partial charge < -0.3 is 9.26 Å². The van der Waals surface area contributed by atoms with Gasteiger partial charge in [-0.25, -0.2) is 13.6 Å². The summed E-state index contributed by atoms with van der Waals surface area (Å²) < 4.78 is 37.4. The molecular formula is C13H11BrF2N2O3. The van der Waals surface area contributed by atoms with E-state index in [0.29, 0.717) is 5.56 Å². The number of benzene rings is 1. The van der Waals surface area contributed by atoms with E-state index in [2.05, 4.69) is 20.9 Å². The highest BCUT2D eigenvalue weighted by atomic mass is 79.9. The summed E-state index contributed by atoms with van der Waals surface area (Å²) in [6.07, 6.45) is -1.30. The van der Waals surface area contributed by atoms with Crippen LogP contribution >= 0.6 is 15.9 Å². The topological polar surface area (TPSA) is 57.3 Å². The molecule has 1 fully saturated rings. The van der Waals surface area contributed by atoms with Gasteiger partial charge in [0.2, 0.25) is 0 Å². The number of ether oxygens (including phenoxy) is 1. The van der Waals surface area contributed by atoms with Crippen molar-refractivity contribution in [2.24, 2.45) is 0 Å². The lowest BCUT2D eigenvalue weighted by molar-refractivity contribution is 0.00532. The number of alkyl halides is 2. The van der Waals surface area contributed by atoms with E-state index in [1.54, 1.807) is 24.3 Å². The molecule has 112 valence electrons. The second-order valence-electron chi connectivity index (χ2n) is 4.72. The lowest BCUT2D eigenvalue weighted by Gasteiger charge is -2.01. The first kappa shape index (κ1) is 14.4. The van der Waals surface area contributed by atoms with E-state index < -0.39 is 17.7 Å². The molecule has 8 heteroatoms. The smallest absolute Gasteiger partial charge is 0.370 e. The molecule has 0 amide bonds. The molecule has 1 aliphatic carbocycles. The molecule has 2 aromatic rings. The van der Waals surface area contributed by atoms with Gasteiger partial charge in [0, 0.05) is 16.5 Å². The average molecular weight is 361 g/mol. The summed E-state index contributed by atoms with van der Waals surface area (Å²) in [5.41, 5.74) is 0.0859. The number of aromatic nitrogens is 2. The van der Waals surface area contributed by atoms with E-state index in [4.69, 9.17) is 9.26 Å². The summed E-state index contributed by atoms with van der Waals surface area (Å²) in [5, 5.41) is 0. The zero-order valence-corrected chi connectivity index (χ0v) is 12.3. The Bertz CT molecular complexity index is 696. The van der Waals surface area contributed by atoms with Crippen LogP contribution in [0.5, 0.6) is 0 Å². The third-order valence-corrected chi connectivity index (χ3v) is 3.61. The van der Waals surface area contributed by atoms with Crippen LogP contribution in [0.15, 0.2) is 38.1 Å². The van der Waals surface area contributed by atoms with Gasteiger partial charge in [-0.2, -0.15) is 9.72 Å². The molecule has 1 unspecified atom stereocenters. The van der Waals surface area contributed by atoms with Gasteiger partial charge in [0.1, 0.15) is 6.10 Å². The quantitative estimate of drug-likeness (QED) is 0.822. The van der Waals surface area contributed by atoms with Crippen molar-refractivity contribution in [3.05, 3.63) is 39.2 Å². The minimum absolute atomic E-state index is 0.0187. The fourth-order valence-corrected chi connectivity index (χ4v) is 2.07. The number of hydrogen-bond donors (Lipinski definition) is 0. The molecule has 1 heterocycles. The van der Waals surface area contributed by atoms with Crippen molar-refractivity contribution in [2.45, 2.75) is 25.0 Å². The van der Waals surface area contributed by atoms with E-state index in [1.165, 1.54) is 0 Å². The Hall–Kier alpha value is -1.54. The highest BCUT2D eigenvalue weighted by Crippen LogP contribution is 2.44. The number of rotatable bonds is 5. The monoisotopic (exact) mass is 360 g/mol. The van der Waals surface area contributed by atoms with Crippen LogP contribution in [0.1, 0.15) is 6.42 Å². The first-order valence-corrected chi connectivity index (χ1v) is 7.08. The van der Waals surface area contributed by atoms with E-state index in [-0.39, 0.29) is 25.5 Å². The Morgan fingerprint density at radius 3 is 2.71 bits per heavy atom. The summed E-state index contributed by atoms with van der Waals surface area (Å²) in [6.45, 7) is 0.0318. The van der Waals surface area contributed by atoms with E-state index in [9.17, 15) is 13.6 Å². The minimum Gasteiger partial charge on any atom is -0.370 e. The largest absolute Gasteiger partial charge is 0.380 e. The molecule has 1 saturated carbocycles. The molecule has 0 saturated heterocycles. The van der Waals surface area contributed by atoms with Crippen molar-refractivity contribution < 1.29 is 18.0 Å². The highest BCUT2D eigenvalue weighted by Gasteiger charge is 2.58. The number of hydrogen-bond acceptors (Lipinski definition) is 4. The van der Waals surface area contributed by atoms with Gasteiger partial charge in [0.05, 0.1) is 13.2 Å². The molecule has 1 aromatic carbocycles. The Labute approximate surface area is 126 Å². The molecule has 0 N–H and O–H groups in total. The van der Waals surface area contributed by atoms with Gasteiger partial charge in [-0.15, -0.1) is 0 Å². The van der Waals surface area contributed by atoms with Gasteiger partial charge in [-0.1, -0.05) is 15.9 Å². The van der Waals surface area contributed by atoms with Crippen molar-refractivity contribution in [2.75, 3.05) is 6.61 Å². The third kappa shape index (κ3) is 3.21. The standard InChI is InChI=1S/C13H11BrF2N2O3/c14-9-3-1-8(2-4-9)11-17-12(19)18(21-11)5-6-20-10-7-13(10,15)16/h1-4,10H,5-7H2. The lowest BCUT2D eigenvalue weighted by atomic mass is 10.2. The van der Waals surface area contributed by atoms with Crippen molar-refractivity contribution >= 4 is 15.9 Å². The van der Waals surface area contributed by atoms with Crippen LogP contribution in [-0.2, 0) is 11.3 Å². The molecule has 21 heavy (non-hydrogen) atoms. The van der Waals surface area contributed by atoms with Crippen molar-refractivity contribution in [1.29, 1.82) is 0 Å². The summed E-state index contributed by atoms with van der Waals surface area (Å²) >= 11 is 3.30. The van der Waals surface area contributed by atoms with Crippen LogP contribution in [-0.4, -0.2) is 28.4 Å². The van der Waals surface area contributed by atoms with Gasteiger partial charge in [-0.05, 0) is 24.3 Å². The van der Waals surface area contributed by atoms with Crippen LogP contribution in [0.25, 0.3) is 11.5 Å². The fraction of sp³-hybridized carbons (Fsp3) is 0.385. The number of halogens is 3. The van der Waals surface area contributed by atoms with E-state index in [1.807, 2.05) is 0 Å². The molecule has 5 nitrogen and oxygen atoms in total. The third-order valence-electron chi connectivity index (χ3n) is 3.08. The summed E-state index contributed by atoms with van der Waals surface area (Å²) in [4.78, 5) is 15.4. The van der Waals surface area contributed by atoms with Crippen LogP contribution in [0.2, 0.25) is 0 Å². The van der Waals surface area contributed by atoms with Gasteiger partial charge in [0.15, 0.2) is 0 Å². The van der Waals surface area contributed by atoms with Crippen LogP contribution < -0.4 is 5.69 Å². The normalized spacial score (nSPS) is 19.7. The molecule has 0 bridgehead atoms. The molecule has 1 atom stereocenters. The second kappa shape index (κ2) is 5.34. The van der Waals surface area contributed by atoms with Crippen LogP contribution in [0, 0.1) is 0 Å². The van der Waals surface area contributed by atoms with Gasteiger partial charge in [0.25, 0.3) is 11.8 Å². The molecule has 1 aromatic heterocycles. The van der Waals surface area contributed by atoms with Gasteiger partial charge in [-0.3, -0.25) is 0 Å². The molecular weight excluding hydrogens is 350 g/mol. The summed E-state index contributed by atoms with van der Waals surface area (Å²) in [5.74, 6) is -2.54. The Kier molecular flexibility index (Phi) is 3.66. The average Bonchev–Trinajstić information content (AvgIpc) is 2.87. The second-order valence-corrected chi connectivity index (χ2v) is 5.64. The molecule has 0 aliphatic heterocycles. The van der Waals surface area contributed by atoms with E-state index in [0.717, 1.165) is 9.21 Å². The maximum absolute atomic E-state index is 12.6. The van der Waals surface area contributed by atoms with Crippen LogP contribution in [0.4, 0.5) is 8.78 Å². The summed E-state index contributed by atoms with van der Waals surface area (Å²) in [6, 6.07) is 7.10. The lowest BCUT2D eigenvalue weighted by Crippen LogP contribution is -2.20. The molecule has 0 spiro atoms. The minimum atomic E-state index is -2.73. The maximum Gasteiger partial charge on any atom is 0.380 e. The van der Waals surface area contributed by atoms with Crippen molar-refractivity contribution in [3.8, 4) is 11.5 Å². The van der Waals surface area contributed by atoms with E-state index >= 15 is 0 Å². The molecule has 1 aliphatic rings. The zero-order chi connectivity index (χ0) is 15.0.